The number of carbonyl (C=O) groups is 3. The van der Waals surface area contributed by atoms with Crippen LogP contribution in [-0.4, -0.2) is 37.2 Å². The Balaban J connectivity index is 4.41. The van der Waals surface area contributed by atoms with Crippen LogP contribution in [0.1, 0.15) is 323 Å². The number of rotatable bonds is 60. The summed E-state index contributed by atoms with van der Waals surface area (Å²) < 4.78 is 16.9. The van der Waals surface area contributed by atoms with Crippen LogP contribution < -0.4 is 0 Å². The molecule has 0 N–H and O–H groups in total. The van der Waals surface area contributed by atoms with Gasteiger partial charge in [0.1, 0.15) is 13.2 Å². The Bertz CT molecular complexity index is 1530. The lowest BCUT2D eigenvalue weighted by Gasteiger charge is -2.18. The highest BCUT2D eigenvalue weighted by Crippen LogP contribution is 2.16. The van der Waals surface area contributed by atoms with Gasteiger partial charge >= 0.3 is 17.9 Å². The van der Waals surface area contributed by atoms with Gasteiger partial charge < -0.3 is 14.2 Å². The van der Waals surface area contributed by atoms with Crippen molar-refractivity contribution in [3.05, 3.63) is 97.2 Å². The molecule has 0 saturated carbocycles. The number of hydrogen-bond donors (Lipinski definition) is 0. The lowest BCUT2D eigenvalue weighted by molar-refractivity contribution is -0.167. The molecule has 0 amide bonds. The molecule has 6 heteroatoms. The maximum atomic E-state index is 12.9. The van der Waals surface area contributed by atoms with Crippen LogP contribution in [-0.2, 0) is 28.6 Å². The summed E-state index contributed by atoms with van der Waals surface area (Å²) in [5.41, 5.74) is 0. The molecule has 0 spiro atoms. The van der Waals surface area contributed by atoms with Crippen molar-refractivity contribution >= 4 is 17.9 Å². The van der Waals surface area contributed by atoms with Crippen LogP contribution in [0.4, 0.5) is 0 Å². The van der Waals surface area contributed by atoms with Crippen LogP contribution in [0.15, 0.2) is 97.2 Å². The van der Waals surface area contributed by atoms with Crippen molar-refractivity contribution in [2.45, 2.75) is 329 Å². The molecule has 0 aliphatic rings. The Kier molecular flexibility index (Phi) is 62.7. The third kappa shape index (κ3) is 63.2. The van der Waals surface area contributed by atoms with E-state index in [1.165, 1.54) is 167 Å². The zero-order chi connectivity index (χ0) is 56.4. The van der Waals surface area contributed by atoms with Gasteiger partial charge in [-0.2, -0.15) is 0 Å². The number of hydrogen-bond acceptors (Lipinski definition) is 6. The van der Waals surface area contributed by atoms with E-state index in [0.717, 1.165) is 116 Å². The molecular weight excluding hydrogens is 961 g/mol. The van der Waals surface area contributed by atoms with Gasteiger partial charge in [-0.05, 0) is 122 Å². The van der Waals surface area contributed by atoms with Gasteiger partial charge in [0.25, 0.3) is 0 Å². The monoisotopic (exact) mass is 1080 g/mol. The first-order valence-electron chi connectivity index (χ1n) is 33.2. The molecule has 1 unspecified atom stereocenters. The first kappa shape index (κ1) is 74.3. The second kappa shape index (κ2) is 65.8. The summed E-state index contributed by atoms with van der Waals surface area (Å²) >= 11 is 0. The van der Waals surface area contributed by atoms with E-state index in [1.54, 1.807) is 0 Å². The summed E-state index contributed by atoms with van der Waals surface area (Å²) in [5.74, 6) is -0.902. The van der Waals surface area contributed by atoms with E-state index in [2.05, 4.69) is 118 Å². The van der Waals surface area contributed by atoms with Crippen molar-refractivity contribution < 1.29 is 28.6 Å². The van der Waals surface area contributed by atoms with Crippen LogP contribution in [0.5, 0.6) is 0 Å². The Morgan fingerprint density at radius 2 is 0.500 bits per heavy atom. The molecule has 0 aliphatic carbocycles. The van der Waals surface area contributed by atoms with Gasteiger partial charge in [-0.1, -0.05) is 279 Å². The minimum atomic E-state index is -0.792. The second-order valence-corrected chi connectivity index (χ2v) is 22.0. The molecule has 6 nitrogen and oxygen atoms in total. The van der Waals surface area contributed by atoms with Crippen molar-refractivity contribution in [2.24, 2.45) is 0 Å². The summed E-state index contributed by atoms with van der Waals surface area (Å²) in [6.07, 6.45) is 88.4. The van der Waals surface area contributed by atoms with Crippen molar-refractivity contribution in [1.29, 1.82) is 0 Å². The number of esters is 3. The lowest BCUT2D eigenvalue weighted by Crippen LogP contribution is -2.30. The standard InChI is InChI=1S/C72H124O6/c1-4-7-10-13-16-19-22-25-28-31-33-35-36-38-39-41-44-47-50-53-56-59-62-65-71(74)77-68-69(67-76-70(73)64-61-58-55-52-49-46-43-30-27-24-21-18-15-12-9-6-3)78-72(75)66-63-60-57-54-51-48-45-42-40-37-34-32-29-26-23-20-17-14-11-8-5-2/h7,10,16,19,21,24-25,28,30,32-35,38-39,43,69H,4-6,8-9,11-15,17-18,20,22-23,26-27,29,31,36-37,40-42,44-68H2,1-3H3/b10-7-,19-16-,24-21-,28-25-,34-32-,35-33-,39-38-,43-30-. The largest absolute Gasteiger partial charge is 0.462 e. The highest BCUT2D eigenvalue weighted by Gasteiger charge is 2.19. The number of carbonyl (C=O) groups excluding carboxylic acids is 3. The molecule has 0 bridgehead atoms. The highest BCUT2D eigenvalue weighted by atomic mass is 16.6. The molecule has 0 heterocycles. The maximum Gasteiger partial charge on any atom is 0.306 e. The fraction of sp³-hybridized carbons (Fsp3) is 0.736. The lowest BCUT2D eigenvalue weighted by atomic mass is 10.1. The fourth-order valence-electron chi connectivity index (χ4n) is 9.32. The Labute approximate surface area is 483 Å². The molecular formula is C72H124O6. The average molecular weight is 1090 g/mol. The van der Waals surface area contributed by atoms with Crippen molar-refractivity contribution in [2.75, 3.05) is 13.2 Å². The van der Waals surface area contributed by atoms with Crippen LogP contribution in [0, 0.1) is 0 Å². The van der Waals surface area contributed by atoms with Crippen molar-refractivity contribution in [3.63, 3.8) is 0 Å². The van der Waals surface area contributed by atoms with E-state index in [4.69, 9.17) is 14.2 Å². The summed E-state index contributed by atoms with van der Waals surface area (Å²) in [6.45, 7) is 6.52. The molecule has 0 aromatic carbocycles. The van der Waals surface area contributed by atoms with Crippen LogP contribution in [0.3, 0.4) is 0 Å². The first-order valence-corrected chi connectivity index (χ1v) is 33.2. The van der Waals surface area contributed by atoms with Gasteiger partial charge in [0.15, 0.2) is 6.10 Å². The van der Waals surface area contributed by atoms with Gasteiger partial charge in [0.05, 0.1) is 0 Å². The van der Waals surface area contributed by atoms with E-state index in [0.29, 0.717) is 19.3 Å². The molecule has 0 rings (SSSR count). The third-order valence-corrected chi connectivity index (χ3v) is 14.3. The van der Waals surface area contributed by atoms with Gasteiger partial charge in [-0.25, -0.2) is 0 Å². The first-order chi connectivity index (χ1) is 38.5. The molecule has 0 fully saturated rings. The predicted octanol–water partition coefficient (Wildman–Crippen LogP) is 22.8. The summed E-state index contributed by atoms with van der Waals surface area (Å²) in [5, 5.41) is 0. The number of ether oxygens (including phenoxy) is 3. The molecule has 0 aliphatic heterocycles. The van der Waals surface area contributed by atoms with Gasteiger partial charge in [0, 0.05) is 19.3 Å². The molecule has 0 saturated heterocycles. The van der Waals surface area contributed by atoms with E-state index in [9.17, 15) is 14.4 Å². The summed E-state index contributed by atoms with van der Waals surface area (Å²) in [4.78, 5) is 38.4. The predicted molar refractivity (Wildman–Crippen MR) is 339 cm³/mol. The minimum Gasteiger partial charge on any atom is -0.462 e. The Morgan fingerprint density at radius 3 is 0.808 bits per heavy atom. The number of allylic oxidation sites excluding steroid dienone is 16. The van der Waals surface area contributed by atoms with E-state index < -0.39 is 6.10 Å². The molecule has 0 aromatic rings. The topological polar surface area (TPSA) is 78.9 Å². The summed E-state index contributed by atoms with van der Waals surface area (Å²) in [6, 6.07) is 0. The maximum absolute atomic E-state index is 12.9. The quantitative estimate of drug-likeness (QED) is 0.0261. The van der Waals surface area contributed by atoms with Crippen LogP contribution in [0.25, 0.3) is 0 Å². The van der Waals surface area contributed by atoms with Crippen molar-refractivity contribution in [1.82, 2.24) is 0 Å². The zero-order valence-electron chi connectivity index (χ0n) is 51.4. The summed E-state index contributed by atoms with van der Waals surface area (Å²) in [7, 11) is 0. The van der Waals surface area contributed by atoms with E-state index in [1.807, 2.05) is 0 Å². The van der Waals surface area contributed by atoms with Gasteiger partial charge in [-0.3, -0.25) is 14.4 Å². The highest BCUT2D eigenvalue weighted by molar-refractivity contribution is 5.71. The molecule has 78 heavy (non-hydrogen) atoms. The third-order valence-electron chi connectivity index (χ3n) is 14.3. The van der Waals surface area contributed by atoms with E-state index >= 15 is 0 Å². The number of unbranched alkanes of at least 4 members (excludes halogenated alkanes) is 33. The Morgan fingerprint density at radius 1 is 0.269 bits per heavy atom. The molecule has 0 aromatic heterocycles. The van der Waals surface area contributed by atoms with Crippen molar-refractivity contribution in [3.8, 4) is 0 Å². The van der Waals surface area contributed by atoms with Crippen LogP contribution in [0.2, 0.25) is 0 Å². The second-order valence-electron chi connectivity index (χ2n) is 22.0. The average Bonchev–Trinajstić information content (AvgIpc) is 3.44. The van der Waals surface area contributed by atoms with Crippen LogP contribution >= 0.6 is 0 Å². The molecule has 1 atom stereocenters. The van der Waals surface area contributed by atoms with Gasteiger partial charge in [0.2, 0.25) is 0 Å². The molecule has 448 valence electrons. The normalized spacial score (nSPS) is 12.7. The fourth-order valence-corrected chi connectivity index (χ4v) is 9.32. The van der Waals surface area contributed by atoms with Gasteiger partial charge in [-0.15, -0.1) is 0 Å². The zero-order valence-corrected chi connectivity index (χ0v) is 51.4. The van der Waals surface area contributed by atoms with E-state index in [-0.39, 0.29) is 31.1 Å². The SMILES string of the molecule is CC/C=C\C/C=C\C/C=C\C/C=C\C/C=C\CCCCCCCCCC(=O)OCC(COC(=O)CCCCCCC/C=C\C/C=C\CCCCCC)OC(=O)CCCCCCCCCCC/C=C\CCCCCCCCCC. The molecule has 0 radical (unpaired) electrons. The smallest absolute Gasteiger partial charge is 0.306 e. The Hall–Kier alpha value is -3.67. The minimum absolute atomic E-state index is 0.0882.